The van der Waals surface area contributed by atoms with Crippen LogP contribution >= 0.6 is 15.9 Å². The molecule has 0 aliphatic rings. The Bertz CT molecular complexity index is 870. The van der Waals surface area contributed by atoms with Crippen molar-refractivity contribution in [3.63, 3.8) is 0 Å². The lowest BCUT2D eigenvalue weighted by Crippen LogP contribution is -2.48. The number of para-hydroxylation sites is 1. The van der Waals surface area contributed by atoms with Crippen LogP contribution in [0.3, 0.4) is 0 Å². The number of hydrogen-bond acceptors (Lipinski definition) is 4. The highest BCUT2D eigenvalue weighted by atomic mass is 79.9. The number of carbonyl (C=O) groups is 2. The maximum absolute atomic E-state index is 13.1. The Morgan fingerprint density at radius 1 is 1.17 bits per heavy atom. The Morgan fingerprint density at radius 3 is 2.45 bits per heavy atom. The molecule has 2 rings (SSSR count). The van der Waals surface area contributed by atoms with Gasteiger partial charge in [-0.25, -0.2) is 0 Å². The number of nitrogens with zero attached hydrogens (tertiary/aromatic N) is 2. The van der Waals surface area contributed by atoms with Crippen LogP contribution in [0.25, 0.3) is 0 Å². The number of nitrogens with one attached hydrogen (secondary N) is 1. The molecule has 0 saturated heterocycles. The number of carbonyl (C=O) groups excluding carboxylic acids is 2. The van der Waals surface area contributed by atoms with E-state index in [4.69, 9.17) is 0 Å². The standard InChI is InChI=1S/C21H24BrN3O4/c1-3-12-23-21(27)15(2)24(14-16-8-10-18(22)11-9-16)20(26)13-17-6-4-5-7-19(17)25(28)29/h4-11,15H,3,12-14H2,1-2H3,(H,23,27)/t15-/m1/s1. The summed E-state index contributed by atoms with van der Waals surface area (Å²) in [4.78, 5) is 37.8. The molecule has 154 valence electrons. The third-order valence-corrected chi connectivity index (χ3v) is 5.04. The van der Waals surface area contributed by atoms with E-state index in [-0.39, 0.29) is 30.5 Å². The highest BCUT2D eigenvalue weighted by molar-refractivity contribution is 9.10. The molecule has 8 heteroatoms. The van der Waals surface area contributed by atoms with E-state index in [1.807, 2.05) is 31.2 Å². The van der Waals surface area contributed by atoms with Gasteiger partial charge in [-0.15, -0.1) is 0 Å². The summed E-state index contributed by atoms with van der Waals surface area (Å²) in [5, 5.41) is 14.1. The predicted octanol–water partition coefficient (Wildman–Crippen LogP) is 3.84. The van der Waals surface area contributed by atoms with Gasteiger partial charge in [0.05, 0.1) is 11.3 Å². The molecule has 0 aliphatic carbocycles. The Hall–Kier alpha value is -2.74. The van der Waals surface area contributed by atoms with Crippen LogP contribution in [0, 0.1) is 10.1 Å². The summed E-state index contributed by atoms with van der Waals surface area (Å²) in [5.74, 6) is -0.596. The average molecular weight is 462 g/mol. The normalized spacial score (nSPS) is 11.6. The molecule has 1 N–H and O–H groups in total. The predicted molar refractivity (Wildman–Crippen MR) is 114 cm³/mol. The summed E-state index contributed by atoms with van der Waals surface area (Å²) in [6.45, 7) is 4.37. The zero-order valence-corrected chi connectivity index (χ0v) is 18.0. The zero-order valence-electron chi connectivity index (χ0n) is 16.4. The van der Waals surface area contributed by atoms with E-state index >= 15 is 0 Å². The lowest BCUT2D eigenvalue weighted by molar-refractivity contribution is -0.385. The fraction of sp³-hybridized carbons (Fsp3) is 0.333. The highest BCUT2D eigenvalue weighted by Crippen LogP contribution is 2.21. The van der Waals surface area contributed by atoms with Crippen molar-refractivity contribution in [1.29, 1.82) is 0 Å². The minimum absolute atomic E-state index is 0.104. The average Bonchev–Trinajstić information content (AvgIpc) is 2.71. The van der Waals surface area contributed by atoms with Crippen LogP contribution in [0.2, 0.25) is 0 Å². The summed E-state index contributed by atoms with van der Waals surface area (Å²) in [5.41, 5.74) is 1.08. The van der Waals surface area contributed by atoms with Crippen LogP contribution in [0.15, 0.2) is 53.0 Å². The van der Waals surface area contributed by atoms with Gasteiger partial charge in [-0.1, -0.05) is 53.2 Å². The maximum Gasteiger partial charge on any atom is 0.273 e. The van der Waals surface area contributed by atoms with Gasteiger partial charge in [-0.2, -0.15) is 0 Å². The Kier molecular flexibility index (Phi) is 8.33. The Labute approximate surface area is 178 Å². The molecular weight excluding hydrogens is 438 g/mol. The van der Waals surface area contributed by atoms with Gasteiger partial charge in [0, 0.05) is 29.2 Å². The highest BCUT2D eigenvalue weighted by Gasteiger charge is 2.27. The number of amides is 2. The molecule has 0 aromatic heterocycles. The second-order valence-corrected chi connectivity index (χ2v) is 7.59. The first-order valence-corrected chi connectivity index (χ1v) is 10.2. The van der Waals surface area contributed by atoms with E-state index in [1.54, 1.807) is 25.1 Å². The number of hydrogen-bond donors (Lipinski definition) is 1. The molecule has 7 nitrogen and oxygen atoms in total. The molecule has 0 saturated carbocycles. The van der Waals surface area contributed by atoms with Crippen molar-refractivity contribution in [2.45, 2.75) is 39.3 Å². The molecule has 0 aliphatic heterocycles. The van der Waals surface area contributed by atoms with Gasteiger partial charge in [0.1, 0.15) is 6.04 Å². The van der Waals surface area contributed by atoms with Crippen LogP contribution in [0.5, 0.6) is 0 Å². The smallest absolute Gasteiger partial charge is 0.273 e. The van der Waals surface area contributed by atoms with Crippen molar-refractivity contribution in [3.05, 3.63) is 74.2 Å². The number of benzene rings is 2. The lowest BCUT2D eigenvalue weighted by atomic mass is 10.1. The van der Waals surface area contributed by atoms with E-state index in [2.05, 4.69) is 21.2 Å². The van der Waals surface area contributed by atoms with Crippen LogP contribution in [0.4, 0.5) is 5.69 Å². The topological polar surface area (TPSA) is 92.6 Å². The van der Waals surface area contributed by atoms with E-state index in [0.717, 1.165) is 16.5 Å². The summed E-state index contributed by atoms with van der Waals surface area (Å²) in [6, 6.07) is 12.9. The first-order chi connectivity index (χ1) is 13.8. The van der Waals surface area contributed by atoms with E-state index in [0.29, 0.717) is 12.1 Å². The minimum Gasteiger partial charge on any atom is -0.354 e. The summed E-state index contributed by atoms with van der Waals surface area (Å²) < 4.78 is 0.910. The third kappa shape index (κ3) is 6.39. The molecule has 0 fully saturated rings. The second-order valence-electron chi connectivity index (χ2n) is 6.68. The SMILES string of the molecule is CCCNC(=O)[C@@H](C)N(Cc1ccc(Br)cc1)C(=O)Cc1ccccc1[N+](=O)[O-]. The molecular formula is C21H24BrN3O4. The van der Waals surface area contributed by atoms with E-state index in [1.165, 1.54) is 11.0 Å². The van der Waals surface area contributed by atoms with Crippen molar-refractivity contribution < 1.29 is 14.5 Å². The van der Waals surface area contributed by atoms with Gasteiger partial charge in [-0.05, 0) is 31.0 Å². The number of rotatable bonds is 9. The molecule has 0 spiro atoms. The number of halogens is 1. The number of nitro groups is 1. The van der Waals surface area contributed by atoms with Gasteiger partial charge >= 0.3 is 0 Å². The fourth-order valence-electron chi connectivity index (χ4n) is 2.87. The van der Waals surface area contributed by atoms with Crippen molar-refractivity contribution in [2.75, 3.05) is 6.54 Å². The summed E-state index contributed by atoms with van der Waals surface area (Å²) in [6.07, 6.45) is 0.633. The Morgan fingerprint density at radius 2 is 1.83 bits per heavy atom. The van der Waals surface area contributed by atoms with Crippen LogP contribution in [-0.2, 0) is 22.6 Å². The van der Waals surface area contributed by atoms with Gasteiger partial charge < -0.3 is 10.2 Å². The molecule has 1 atom stereocenters. The van der Waals surface area contributed by atoms with Gasteiger partial charge in [0.15, 0.2) is 0 Å². The molecule has 2 amide bonds. The minimum atomic E-state index is -0.708. The van der Waals surface area contributed by atoms with Crippen LogP contribution in [0.1, 0.15) is 31.4 Å². The third-order valence-electron chi connectivity index (χ3n) is 4.51. The van der Waals surface area contributed by atoms with Gasteiger partial charge in [0.25, 0.3) is 5.69 Å². The molecule has 0 unspecified atom stereocenters. The van der Waals surface area contributed by atoms with Gasteiger partial charge in [0.2, 0.25) is 11.8 Å². The van der Waals surface area contributed by atoms with E-state index < -0.39 is 11.0 Å². The molecule has 2 aromatic carbocycles. The lowest BCUT2D eigenvalue weighted by Gasteiger charge is -2.29. The van der Waals surface area contributed by atoms with Crippen molar-refractivity contribution in [3.8, 4) is 0 Å². The first-order valence-electron chi connectivity index (χ1n) is 9.37. The molecule has 0 radical (unpaired) electrons. The van der Waals surface area contributed by atoms with Crippen LogP contribution in [-0.4, -0.2) is 34.2 Å². The number of nitro benzene ring substituents is 1. The van der Waals surface area contributed by atoms with Crippen molar-refractivity contribution in [2.24, 2.45) is 0 Å². The monoisotopic (exact) mass is 461 g/mol. The van der Waals surface area contributed by atoms with Gasteiger partial charge in [-0.3, -0.25) is 19.7 Å². The molecule has 2 aromatic rings. The maximum atomic E-state index is 13.1. The second kappa shape index (κ2) is 10.7. The fourth-order valence-corrected chi connectivity index (χ4v) is 3.13. The van der Waals surface area contributed by atoms with Crippen molar-refractivity contribution >= 4 is 33.4 Å². The van der Waals surface area contributed by atoms with E-state index in [9.17, 15) is 19.7 Å². The molecule has 29 heavy (non-hydrogen) atoms. The Balaban J connectivity index is 2.27. The molecule has 0 bridgehead atoms. The van der Waals surface area contributed by atoms with Crippen LogP contribution < -0.4 is 5.32 Å². The zero-order chi connectivity index (χ0) is 21.4. The summed E-state index contributed by atoms with van der Waals surface area (Å²) >= 11 is 3.38. The van der Waals surface area contributed by atoms with Crippen molar-refractivity contribution in [1.82, 2.24) is 10.2 Å². The summed E-state index contributed by atoms with van der Waals surface area (Å²) in [7, 11) is 0. The largest absolute Gasteiger partial charge is 0.354 e. The molecule has 0 heterocycles. The first kappa shape index (κ1) is 22.5. The quantitative estimate of drug-likeness (QED) is 0.453.